The Morgan fingerprint density at radius 2 is 2.17 bits per heavy atom. The van der Waals surface area contributed by atoms with Crippen LogP contribution < -0.4 is 4.74 Å². The molecule has 0 N–H and O–H groups in total. The maximum absolute atomic E-state index is 12.1. The SMILES string of the molecule is Cc1ccc(OCC(=O)N(C)[C@H]2CCS(=O)(=O)C2)c([N+](=O)[O-])c1. The third-order valence-electron chi connectivity index (χ3n) is 3.81. The molecule has 1 aliphatic rings. The lowest BCUT2D eigenvalue weighted by atomic mass is 10.2. The van der Waals surface area contributed by atoms with Crippen LogP contribution in [-0.4, -0.2) is 55.4 Å². The van der Waals surface area contributed by atoms with E-state index in [-0.39, 0.29) is 35.6 Å². The van der Waals surface area contributed by atoms with Gasteiger partial charge in [-0.1, -0.05) is 6.07 Å². The minimum absolute atomic E-state index is 0.0152. The lowest BCUT2D eigenvalue weighted by Crippen LogP contribution is -2.40. The van der Waals surface area contributed by atoms with Gasteiger partial charge in [0.15, 0.2) is 22.2 Å². The van der Waals surface area contributed by atoms with E-state index in [9.17, 15) is 23.3 Å². The van der Waals surface area contributed by atoms with Gasteiger partial charge in [0.2, 0.25) is 0 Å². The second kappa shape index (κ2) is 6.53. The van der Waals surface area contributed by atoms with E-state index in [0.717, 1.165) is 0 Å². The number of benzene rings is 1. The number of hydrogen-bond donors (Lipinski definition) is 0. The maximum Gasteiger partial charge on any atom is 0.311 e. The van der Waals surface area contributed by atoms with Crippen molar-refractivity contribution in [1.29, 1.82) is 0 Å². The van der Waals surface area contributed by atoms with Gasteiger partial charge in [-0.25, -0.2) is 8.42 Å². The highest BCUT2D eigenvalue weighted by Crippen LogP contribution is 2.27. The molecule has 1 fully saturated rings. The van der Waals surface area contributed by atoms with Crippen LogP contribution in [-0.2, 0) is 14.6 Å². The summed E-state index contributed by atoms with van der Waals surface area (Å²) in [4.78, 5) is 23.9. The van der Waals surface area contributed by atoms with Crippen molar-refractivity contribution in [2.75, 3.05) is 25.2 Å². The van der Waals surface area contributed by atoms with E-state index < -0.39 is 20.7 Å². The van der Waals surface area contributed by atoms with Gasteiger partial charge in [-0.3, -0.25) is 14.9 Å². The van der Waals surface area contributed by atoms with Crippen molar-refractivity contribution in [3.8, 4) is 5.75 Å². The predicted octanol–water partition coefficient (Wildman–Crippen LogP) is 0.928. The van der Waals surface area contributed by atoms with Crippen molar-refractivity contribution in [1.82, 2.24) is 4.90 Å². The largest absolute Gasteiger partial charge is 0.477 e. The topological polar surface area (TPSA) is 107 Å². The Bertz CT molecular complexity index is 731. The molecule has 1 saturated heterocycles. The number of ether oxygens (including phenoxy) is 1. The van der Waals surface area contributed by atoms with Gasteiger partial charge in [-0.2, -0.15) is 0 Å². The Labute approximate surface area is 134 Å². The van der Waals surface area contributed by atoms with Crippen molar-refractivity contribution >= 4 is 21.4 Å². The number of likely N-dealkylation sites (N-methyl/N-ethyl adjacent to an activating group) is 1. The van der Waals surface area contributed by atoms with Gasteiger partial charge in [0.25, 0.3) is 5.91 Å². The number of rotatable bonds is 5. The van der Waals surface area contributed by atoms with Gasteiger partial charge in [-0.15, -0.1) is 0 Å². The Morgan fingerprint density at radius 1 is 1.48 bits per heavy atom. The van der Waals surface area contributed by atoms with Gasteiger partial charge in [0.1, 0.15) is 0 Å². The van der Waals surface area contributed by atoms with Crippen LogP contribution in [0.1, 0.15) is 12.0 Å². The molecule has 9 heteroatoms. The minimum Gasteiger partial charge on any atom is -0.477 e. The Hall–Kier alpha value is -2.16. The van der Waals surface area contributed by atoms with E-state index in [0.29, 0.717) is 12.0 Å². The number of carbonyl (C=O) groups excluding carboxylic acids is 1. The lowest BCUT2D eigenvalue weighted by molar-refractivity contribution is -0.385. The molecule has 1 aromatic carbocycles. The van der Waals surface area contributed by atoms with Gasteiger partial charge in [0.05, 0.1) is 16.4 Å². The molecular formula is C14H18N2O6S. The zero-order chi connectivity index (χ0) is 17.2. The van der Waals surface area contributed by atoms with E-state index >= 15 is 0 Å². The van der Waals surface area contributed by atoms with Crippen molar-refractivity contribution in [2.24, 2.45) is 0 Å². The molecule has 0 radical (unpaired) electrons. The van der Waals surface area contributed by atoms with Crippen LogP contribution in [0.5, 0.6) is 5.75 Å². The van der Waals surface area contributed by atoms with Crippen LogP contribution in [0, 0.1) is 17.0 Å². The average Bonchev–Trinajstić information content (AvgIpc) is 2.84. The number of carbonyl (C=O) groups is 1. The summed E-state index contributed by atoms with van der Waals surface area (Å²) in [5.74, 6) is -0.386. The third-order valence-corrected chi connectivity index (χ3v) is 5.56. The number of nitrogens with zero attached hydrogens (tertiary/aromatic N) is 2. The molecular weight excluding hydrogens is 324 g/mol. The summed E-state index contributed by atoms with van der Waals surface area (Å²) < 4.78 is 28.2. The van der Waals surface area contributed by atoms with Crippen LogP contribution in [0.4, 0.5) is 5.69 Å². The van der Waals surface area contributed by atoms with E-state index in [1.54, 1.807) is 13.0 Å². The monoisotopic (exact) mass is 342 g/mol. The molecule has 0 unspecified atom stereocenters. The number of amides is 1. The van der Waals surface area contributed by atoms with Crippen molar-refractivity contribution in [3.05, 3.63) is 33.9 Å². The molecule has 0 bridgehead atoms. The predicted molar refractivity (Wildman–Crippen MR) is 83.2 cm³/mol. The quantitative estimate of drug-likeness (QED) is 0.582. The van der Waals surface area contributed by atoms with Crippen LogP contribution in [0.15, 0.2) is 18.2 Å². The highest BCUT2D eigenvalue weighted by molar-refractivity contribution is 7.91. The molecule has 1 aliphatic heterocycles. The first-order chi connectivity index (χ1) is 10.7. The van der Waals surface area contributed by atoms with Crippen LogP contribution in [0.3, 0.4) is 0 Å². The van der Waals surface area contributed by atoms with Crippen LogP contribution >= 0.6 is 0 Å². The molecule has 1 atom stereocenters. The first kappa shape index (κ1) is 17.2. The maximum atomic E-state index is 12.1. The number of nitro groups is 1. The molecule has 1 amide bonds. The van der Waals surface area contributed by atoms with E-state index in [2.05, 4.69) is 0 Å². The van der Waals surface area contributed by atoms with Crippen molar-refractivity contribution in [3.63, 3.8) is 0 Å². The minimum atomic E-state index is -3.09. The summed E-state index contributed by atoms with van der Waals surface area (Å²) in [7, 11) is -1.57. The smallest absolute Gasteiger partial charge is 0.311 e. The number of aryl methyl sites for hydroxylation is 1. The fraction of sp³-hybridized carbons (Fsp3) is 0.500. The molecule has 0 aromatic heterocycles. The van der Waals surface area contributed by atoms with Gasteiger partial charge in [0, 0.05) is 19.2 Å². The Balaban J connectivity index is 2.01. The molecule has 0 aliphatic carbocycles. The summed E-state index contributed by atoms with van der Waals surface area (Å²) in [6.45, 7) is 1.34. The lowest BCUT2D eigenvalue weighted by Gasteiger charge is -2.23. The van der Waals surface area contributed by atoms with E-state index in [1.165, 1.54) is 24.1 Å². The number of hydrogen-bond acceptors (Lipinski definition) is 6. The second-order valence-corrected chi connectivity index (χ2v) is 7.81. The Morgan fingerprint density at radius 3 is 2.74 bits per heavy atom. The molecule has 0 saturated carbocycles. The second-order valence-electron chi connectivity index (χ2n) is 5.58. The molecule has 126 valence electrons. The Kier molecular flexibility index (Phi) is 4.88. The van der Waals surface area contributed by atoms with E-state index in [4.69, 9.17) is 4.74 Å². The summed E-state index contributed by atoms with van der Waals surface area (Å²) in [6, 6.07) is 4.09. The highest BCUT2D eigenvalue weighted by Gasteiger charge is 2.33. The number of nitro benzene ring substituents is 1. The fourth-order valence-corrected chi connectivity index (χ4v) is 4.19. The molecule has 0 spiro atoms. The molecule has 1 aromatic rings. The first-order valence-electron chi connectivity index (χ1n) is 7.03. The highest BCUT2D eigenvalue weighted by atomic mass is 32.2. The molecule has 23 heavy (non-hydrogen) atoms. The zero-order valence-electron chi connectivity index (χ0n) is 12.9. The van der Waals surface area contributed by atoms with Crippen LogP contribution in [0.25, 0.3) is 0 Å². The van der Waals surface area contributed by atoms with Crippen molar-refractivity contribution < 1.29 is 22.9 Å². The first-order valence-corrected chi connectivity index (χ1v) is 8.85. The average molecular weight is 342 g/mol. The summed E-state index contributed by atoms with van der Waals surface area (Å²) in [5.41, 5.74) is 0.507. The van der Waals surface area contributed by atoms with Crippen molar-refractivity contribution in [2.45, 2.75) is 19.4 Å². The summed E-state index contributed by atoms with van der Waals surface area (Å²) in [6.07, 6.45) is 0.398. The fourth-order valence-electron chi connectivity index (χ4n) is 2.42. The summed E-state index contributed by atoms with van der Waals surface area (Å²) >= 11 is 0. The molecule has 8 nitrogen and oxygen atoms in total. The van der Waals surface area contributed by atoms with E-state index in [1.807, 2.05) is 0 Å². The normalized spacial score (nSPS) is 19.3. The zero-order valence-corrected chi connectivity index (χ0v) is 13.7. The van der Waals surface area contributed by atoms with Crippen LogP contribution in [0.2, 0.25) is 0 Å². The summed E-state index contributed by atoms with van der Waals surface area (Å²) in [5, 5.41) is 11.0. The van der Waals surface area contributed by atoms with Gasteiger partial charge in [-0.05, 0) is 25.0 Å². The standard InChI is InChI=1S/C14H18N2O6S/c1-10-3-4-13(12(7-10)16(18)19)22-8-14(17)15(2)11-5-6-23(20,21)9-11/h3-4,7,11H,5-6,8-9H2,1-2H3/t11-/m0/s1. The number of sulfone groups is 1. The van der Waals surface area contributed by atoms with Gasteiger partial charge < -0.3 is 9.64 Å². The molecule has 1 heterocycles. The third kappa shape index (κ3) is 4.19. The van der Waals surface area contributed by atoms with Gasteiger partial charge >= 0.3 is 5.69 Å². The molecule has 2 rings (SSSR count).